The van der Waals surface area contributed by atoms with E-state index in [1.807, 2.05) is 25.2 Å². The van der Waals surface area contributed by atoms with E-state index in [-0.39, 0.29) is 42.1 Å². The highest BCUT2D eigenvalue weighted by Gasteiger charge is 2.62. The minimum absolute atomic E-state index is 0.00241. The Labute approximate surface area is 265 Å². The standard InChI is InChI=1S/C30H39ClF3N7O2S/c1-28(2)13-11-20(37-28)6-5-17-40(3)22-7-4-8-25(35-22)44-39-27(42)21-9-10-23(36-26(21)31)41-18-12-24(38-41)43-19-16-29(14-15-29)30(32,33)34/h4,7-10,12,18,20,24,37-38H,5-6,11,13-17,19H2,1-3H3,(H,39,42). The maximum Gasteiger partial charge on any atom is 0.394 e. The van der Waals surface area contributed by atoms with Gasteiger partial charge in [-0.1, -0.05) is 17.7 Å². The van der Waals surface area contributed by atoms with E-state index in [0.29, 0.717) is 16.9 Å². The molecule has 5 rings (SSSR count). The number of anilines is 2. The van der Waals surface area contributed by atoms with E-state index in [9.17, 15) is 18.0 Å². The Morgan fingerprint density at radius 2 is 2.02 bits per heavy atom. The lowest BCUT2D eigenvalue weighted by Crippen LogP contribution is -2.38. The molecule has 2 fully saturated rings. The molecule has 1 aliphatic carbocycles. The molecular weight excluding hydrogens is 615 g/mol. The van der Waals surface area contributed by atoms with Crippen molar-refractivity contribution in [2.45, 2.75) is 87.8 Å². The number of ether oxygens (including phenoxy) is 1. The summed E-state index contributed by atoms with van der Waals surface area (Å²) in [6, 6.07) is 9.42. The quantitative estimate of drug-likeness (QED) is 0.172. The molecule has 2 aromatic rings. The van der Waals surface area contributed by atoms with Crippen LogP contribution in [-0.4, -0.2) is 60.1 Å². The third kappa shape index (κ3) is 8.16. The number of nitrogens with one attached hydrogen (secondary N) is 3. The van der Waals surface area contributed by atoms with E-state index in [0.717, 1.165) is 37.2 Å². The molecule has 2 atom stereocenters. The largest absolute Gasteiger partial charge is 0.394 e. The summed E-state index contributed by atoms with van der Waals surface area (Å²) in [6.45, 7) is 5.36. The van der Waals surface area contributed by atoms with Crippen LogP contribution in [0.2, 0.25) is 5.15 Å². The van der Waals surface area contributed by atoms with Gasteiger partial charge in [-0.15, -0.1) is 0 Å². The third-order valence-corrected chi connectivity index (χ3v) is 9.45. The van der Waals surface area contributed by atoms with Crippen molar-refractivity contribution in [3.8, 4) is 0 Å². The molecule has 240 valence electrons. The first-order valence-electron chi connectivity index (χ1n) is 14.9. The summed E-state index contributed by atoms with van der Waals surface area (Å²) in [5.41, 5.74) is 1.82. The van der Waals surface area contributed by atoms with Crippen LogP contribution >= 0.6 is 23.5 Å². The Kier molecular flexibility index (Phi) is 10.0. The molecule has 1 amide bonds. The summed E-state index contributed by atoms with van der Waals surface area (Å²) in [5, 5.41) is 5.88. The van der Waals surface area contributed by atoms with Crippen LogP contribution in [0.5, 0.6) is 0 Å². The Morgan fingerprint density at radius 3 is 2.70 bits per heavy atom. The van der Waals surface area contributed by atoms with Gasteiger partial charge in [-0.3, -0.25) is 14.5 Å². The average Bonchev–Trinajstić information content (AvgIpc) is 3.50. The second-order valence-electron chi connectivity index (χ2n) is 12.4. The lowest BCUT2D eigenvalue weighted by molar-refractivity contribution is -0.192. The number of pyridine rings is 2. The number of halogens is 4. The second kappa shape index (κ2) is 13.4. The van der Waals surface area contributed by atoms with Gasteiger partial charge in [-0.05, 0) is 89.1 Å². The highest BCUT2D eigenvalue weighted by atomic mass is 35.5. The van der Waals surface area contributed by atoms with Crippen LogP contribution in [0.3, 0.4) is 0 Å². The maximum atomic E-state index is 13.1. The van der Waals surface area contributed by atoms with Crippen LogP contribution in [0.15, 0.2) is 47.6 Å². The van der Waals surface area contributed by atoms with Gasteiger partial charge in [-0.2, -0.15) is 18.6 Å². The molecule has 3 aliphatic rings. The van der Waals surface area contributed by atoms with Gasteiger partial charge in [0.1, 0.15) is 28.0 Å². The Bertz CT molecular complexity index is 1360. The van der Waals surface area contributed by atoms with Crippen LogP contribution in [-0.2, 0) is 4.74 Å². The first-order chi connectivity index (χ1) is 20.8. The fourth-order valence-corrected chi connectivity index (χ4v) is 6.35. The van der Waals surface area contributed by atoms with E-state index in [2.05, 4.69) is 44.2 Å². The summed E-state index contributed by atoms with van der Waals surface area (Å²) in [7, 11) is 2.02. The number of amides is 1. The van der Waals surface area contributed by atoms with Crippen molar-refractivity contribution in [1.82, 2.24) is 25.4 Å². The van der Waals surface area contributed by atoms with Gasteiger partial charge < -0.3 is 15.0 Å². The lowest BCUT2D eigenvalue weighted by atomic mass is 10.0. The van der Waals surface area contributed by atoms with Crippen molar-refractivity contribution in [1.29, 1.82) is 0 Å². The average molecular weight is 654 g/mol. The molecule has 1 saturated heterocycles. The smallest absolute Gasteiger partial charge is 0.360 e. The number of hydrazine groups is 1. The predicted molar refractivity (Wildman–Crippen MR) is 166 cm³/mol. The fourth-order valence-electron chi connectivity index (χ4n) is 5.52. The number of carbonyl (C=O) groups excluding carboxylic acids is 1. The molecule has 0 bridgehead atoms. The summed E-state index contributed by atoms with van der Waals surface area (Å²) < 4.78 is 47.8. The van der Waals surface area contributed by atoms with Gasteiger partial charge in [-0.25, -0.2) is 9.97 Å². The zero-order valence-corrected chi connectivity index (χ0v) is 26.7. The summed E-state index contributed by atoms with van der Waals surface area (Å²) in [4.78, 5) is 24.0. The molecule has 2 aromatic heterocycles. The van der Waals surface area contributed by atoms with Crippen molar-refractivity contribution in [2.75, 3.05) is 30.1 Å². The lowest BCUT2D eigenvalue weighted by Gasteiger charge is -2.22. The van der Waals surface area contributed by atoms with E-state index >= 15 is 0 Å². The molecule has 2 aliphatic heterocycles. The van der Waals surface area contributed by atoms with Gasteiger partial charge >= 0.3 is 6.18 Å². The monoisotopic (exact) mass is 653 g/mol. The number of hydrogen-bond donors (Lipinski definition) is 3. The van der Waals surface area contributed by atoms with Crippen LogP contribution in [0.25, 0.3) is 0 Å². The minimum atomic E-state index is -4.20. The van der Waals surface area contributed by atoms with Crippen LogP contribution in [0.1, 0.15) is 69.2 Å². The van der Waals surface area contributed by atoms with Gasteiger partial charge in [0.05, 0.1) is 11.0 Å². The number of carbonyl (C=O) groups is 1. The van der Waals surface area contributed by atoms with Crippen LogP contribution in [0.4, 0.5) is 24.8 Å². The molecule has 0 radical (unpaired) electrons. The van der Waals surface area contributed by atoms with Crippen molar-refractivity contribution in [2.24, 2.45) is 5.41 Å². The Balaban J connectivity index is 1.06. The number of rotatable bonds is 13. The molecule has 0 spiro atoms. The minimum Gasteiger partial charge on any atom is -0.360 e. The summed E-state index contributed by atoms with van der Waals surface area (Å²) >= 11 is 7.46. The third-order valence-electron chi connectivity index (χ3n) is 8.44. The second-order valence-corrected chi connectivity index (χ2v) is 13.5. The highest BCUT2D eigenvalue weighted by Crippen LogP contribution is 2.59. The van der Waals surface area contributed by atoms with Crippen molar-refractivity contribution < 1.29 is 22.7 Å². The predicted octanol–water partition coefficient (Wildman–Crippen LogP) is 6.23. The molecule has 4 heterocycles. The topological polar surface area (TPSA) is 94.7 Å². The SMILES string of the molecule is CN(CCCC1CCC(C)(C)N1)c1cccc(SNC(=O)c2ccc(N3C=CC(OCCC4(C(F)(F)F)CC4)N3)nc2Cl)n1. The number of aromatic nitrogens is 2. The van der Waals surface area contributed by atoms with Gasteiger partial charge in [0, 0.05) is 49.9 Å². The Morgan fingerprint density at radius 1 is 1.23 bits per heavy atom. The van der Waals surface area contributed by atoms with Crippen molar-refractivity contribution in [3.05, 3.63) is 53.3 Å². The van der Waals surface area contributed by atoms with Gasteiger partial charge in [0.2, 0.25) is 0 Å². The van der Waals surface area contributed by atoms with Gasteiger partial charge in [0.15, 0.2) is 0 Å². The molecule has 0 aromatic carbocycles. The molecular formula is C30H39ClF3N7O2S. The molecule has 1 saturated carbocycles. The first-order valence-corrected chi connectivity index (χ1v) is 16.1. The fraction of sp³-hybridized carbons (Fsp3) is 0.567. The van der Waals surface area contributed by atoms with Gasteiger partial charge in [0.25, 0.3) is 5.91 Å². The number of nitrogens with zero attached hydrogens (tertiary/aromatic N) is 4. The normalized spacial score (nSPS) is 21.9. The highest BCUT2D eigenvalue weighted by molar-refractivity contribution is 7.97. The molecule has 2 unspecified atom stereocenters. The van der Waals surface area contributed by atoms with E-state index in [1.54, 1.807) is 29.4 Å². The molecule has 44 heavy (non-hydrogen) atoms. The van der Waals surface area contributed by atoms with Crippen molar-refractivity contribution in [3.63, 3.8) is 0 Å². The van der Waals surface area contributed by atoms with Crippen molar-refractivity contribution >= 4 is 41.1 Å². The Hall–Kier alpha value is -2.58. The number of alkyl halides is 3. The molecule has 3 N–H and O–H groups in total. The number of hydrogen-bond acceptors (Lipinski definition) is 9. The zero-order chi connectivity index (χ0) is 31.5. The van der Waals surface area contributed by atoms with E-state index in [1.165, 1.54) is 12.8 Å². The van der Waals surface area contributed by atoms with Crippen LogP contribution < -0.4 is 25.4 Å². The zero-order valence-electron chi connectivity index (χ0n) is 25.1. The maximum absolute atomic E-state index is 13.1. The van der Waals surface area contributed by atoms with Crippen LogP contribution in [0, 0.1) is 5.41 Å². The van der Waals surface area contributed by atoms with E-state index < -0.39 is 23.7 Å². The van der Waals surface area contributed by atoms with E-state index in [4.69, 9.17) is 16.3 Å². The first kappa shape index (κ1) is 32.8. The summed E-state index contributed by atoms with van der Waals surface area (Å²) in [5.74, 6) is 0.811. The summed E-state index contributed by atoms with van der Waals surface area (Å²) in [6.07, 6.45) is 3.35. The molecule has 14 heteroatoms. The molecule has 9 nitrogen and oxygen atoms in total.